The average Bonchev–Trinajstić information content (AvgIpc) is 3.12. The van der Waals surface area contributed by atoms with Crippen molar-refractivity contribution in [3.63, 3.8) is 0 Å². The number of hydrogen-bond acceptors (Lipinski definition) is 2. The van der Waals surface area contributed by atoms with Gasteiger partial charge in [0.05, 0.1) is 11.3 Å². The Morgan fingerprint density at radius 2 is 2.22 bits per heavy atom. The van der Waals surface area contributed by atoms with Gasteiger partial charge in [0.25, 0.3) is 0 Å². The Hall–Kier alpha value is -1.03. The van der Waals surface area contributed by atoms with E-state index < -0.39 is 5.97 Å². The lowest BCUT2D eigenvalue weighted by molar-refractivity contribution is 0.0697. The summed E-state index contributed by atoms with van der Waals surface area (Å²) in [5, 5.41) is 9.28. The Kier molecular flexibility index (Phi) is 4.27. The number of benzene rings is 1. The van der Waals surface area contributed by atoms with E-state index in [4.69, 9.17) is 0 Å². The molecule has 0 aliphatic heterocycles. The maximum atomic E-state index is 11.3. The second-order valence-corrected chi connectivity index (χ2v) is 5.77. The molecule has 0 spiro atoms. The van der Waals surface area contributed by atoms with Crippen molar-refractivity contribution in [3.8, 4) is 0 Å². The van der Waals surface area contributed by atoms with Gasteiger partial charge >= 0.3 is 5.97 Å². The number of halogens is 1. The molecule has 0 amide bonds. The van der Waals surface area contributed by atoms with Crippen LogP contribution in [0.3, 0.4) is 0 Å². The second kappa shape index (κ2) is 5.74. The van der Waals surface area contributed by atoms with Gasteiger partial charge in [-0.05, 0) is 43.4 Å². The molecule has 3 nitrogen and oxygen atoms in total. The molecule has 1 aliphatic rings. The molecule has 1 aliphatic carbocycles. The lowest BCUT2D eigenvalue weighted by Gasteiger charge is -2.26. The highest BCUT2D eigenvalue weighted by molar-refractivity contribution is 9.10. The SMILES string of the molecule is CCCN(CC1CC1)c1cc(Br)ccc1C(=O)O. The van der Waals surface area contributed by atoms with Crippen LogP contribution in [0.5, 0.6) is 0 Å². The molecule has 0 radical (unpaired) electrons. The number of carboxylic acids is 1. The Balaban J connectivity index is 2.30. The first kappa shape index (κ1) is 13.4. The van der Waals surface area contributed by atoms with E-state index in [2.05, 4.69) is 27.8 Å². The molecule has 98 valence electrons. The third-order valence-corrected chi connectivity index (χ3v) is 3.69. The number of anilines is 1. The third kappa shape index (κ3) is 3.25. The van der Waals surface area contributed by atoms with Crippen LogP contribution in [-0.2, 0) is 0 Å². The van der Waals surface area contributed by atoms with Crippen molar-refractivity contribution in [2.75, 3.05) is 18.0 Å². The number of carboxylic acid groups (broad SMARTS) is 1. The summed E-state index contributed by atoms with van der Waals surface area (Å²) < 4.78 is 0.930. The first-order valence-electron chi connectivity index (χ1n) is 6.39. The van der Waals surface area contributed by atoms with E-state index in [1.165, 1.54) is 12.8 Å². The van der Waals surface area contributed by atoms with Crippen LogP contribution in [0.4, 0.5) is 5.69 Å². The monoisotopic (exact) mass is 311 g/mol. The quantitative estimate of drug-likeness (QED) is 0.869. The normalized spacial score (nSPS) is 14.6. The van der Waals surface area contributed by atoms with Crippen LogP contribution in [-0.4, -0.2) is 24.2 Å². The van der Waals surface area contributed by atoms with Gasteiger partial charge in [-0.1, -0.05) is 22.9 Å². The zero-order valence-electron chi connectivity index (χ0n) is 10.5. The smallest absolute Gasteiger partial charge is 0.337 e. The van der Waals surface area contributed by atoms with Crippen molar-refractivity contribution in [2.45, 2.75) is 26.2 Å². The molecular formula is C14H18BrNO2. The van der Waals surface area contributed by atoms with Gasteiger partial charge in [0.2, 0.25) is 0 Å². The lowest BCUT2D eigenvalue weighted by Crippen LogP contribution is -2.28. The number of aromatic carboxylic acids is 1. The molecule has 0 heterocycles. The fourth-order valence-corrected chi connectivity index (χ4v) is 2.49. The minimum Gasteiger partial charge on any atom is -0.478 e. The molecule has 0 aromatic heterocycles. The molecule has 18 heavy (non-hydrogen) atoms. The van der Waals surface area contributed by atoms with Gasteiger partial charge in [-0.15, -0.1) is 0 Å². The van der Waals surface area contributed by atoms with Crippen molar-refractivity contribution in [1.29, 1.82) is 0 Å². The summed E-state index contributed by atoms with van der Waals surface area (Å²) in [5.74, 6) is -0.105. The summed E-state index contributed by atoms with van der Waals surface area (Å²) in [6.45, 7) is 4.01. The summed E-state index contributed by atoms with van der Waals surface area (Å²) in [6.07, 6.45) is 3.57. The molecule has 1 N–H and O–H groups in total. The predicted octanol–water partition coefficient (Wildman–Crippen LogP) is 3.77. The van der Waals surface area contributed by atoms with Crippen LogP contribution in [0, 0.1) is 5.92 Å². The van der Waals surface area contributed by atoms with Crippen LogP contribution in [0.1, 0.15) is 36.5 Å². The Morgan fingerprint density at radius 3 is 2.78 bits per heavy atom. The van der Waals surface area contributed by atoms with Gasteiger partial charge in [0.15, 0.2) is 0 Å². The molecule has 1 fully saturated rings. The molecule has 1 aromatic rings. The summed E-state index contributed by atoms with van der Waals surface area (Å²) in [4.78, 5) is 13.5. The molecule has 0 unspecified atom stereocenters. The highest BCUT2D eigenvalue weighted by Gasteiger charge is 2.26. The van der Waals surface area contributed by atoms with Gasteiger partial charge in [0.1, 0.15) is 0 Å². The maximum Gasteiger partial charge on any atom is 0.337 e. The minimum atomic E-state index is -0.852. The number of carbonyl (C=O) groups is 1. The molecule has 4 heteroatoms. The summed E-state index contributed by atoms with van der Waals surface area (Å²) in [5.41, 5.74) is 1.23. The Bertz CT molecular complexity index is 443. The Labute approximate surface area is 116 Å². The van der Waals surface area contributed by atoms with Crippen molar-refractivity contribution in [2.24, 2.45) is 5.92 Å². The molecule has 2 rings (SSSR count). The van der Waals surface area contributed by atoms with Gasteiger partial charge < -0.3 is 10.0 Å². The third-order valence-electron chi connectivity index (χ3n) is 3.20. The van der Waals surface area contributed by atoms with E-state index >= 15 is 0 Å². The molecule has 1 aromatic carbocycles. The van der Waals surface area contributed by atoms with Crippen LogP contribution in [0.15, 0.2) is 22.7 Å². The van der Waals surface area contributed by atoms with E-state index in [0.29, 0.717) is 5.56 Å². The van der Waals surface area contributed by atoms with E-state index in [1.807, 2.05) is 6.07 Å². The molecule has 0 saturated heterocycles. The molecule has 0 atom stereocenters. The van der Waals surface area contributed by atoms with Crippen molar-refractivity contribution in [3.05, 3.63) is 28.2 Å². The van der Waals surface area contributed by atoms with E-state index in [1.54, 1.807) is 12.1 Å². The first-order valence-corrected chi connectivity index (χ1v) is 7.19. The van der Waals surface area contributed by atoms with Crippen LogP contribution >= 0.6 is 15.9 Å². The summed E-state index contributed by atoms with van der Waals surface area (Å²) in [6, 6.07) is 5.38. The summed E-state index contributed by atoms with van der Waals surface area (Å²) >= 11 is 3.43. The Morgan fingerprint density at radius 1 is 1.50 bits per heavy atom. The fraction of sp³-hybridized carbons (Fsp3) is 0.500. The maximum absolute atomic E-state index is 11.3. The van der Waals surface area contributed by atoms with Gasteiger partial charge in [0, 0.05) is 17.6 Å². The highest BCUT2D eigenvalue weighted by atomic mass is 79.9. The number of rotatable bonds is 6. The molecule has 0 bridgehead atoms. The van der Waals surface area contributed by atoms with E-state index in [9.17, 15) is 9.90 Å². The predicted molar refractivity (Wildman–Crippen MR) is 76.3 cm³/mol. The van der Waals surface area contributed by atoms with E-state index in [0.717, 1.165) is 35.6 Å². The summed E-state index contributed by atoms with van der Waals surface area (Å²) in [7, 11) is 0. The minimum absolute atomic E-state index is 0.396. The number of nitrogens with zero attached hydrogens (tertiary/aromatic N) is 1. The van der Waals surface area contributed by atoms with Crippen LogP contribution < -0.4 is 4.90 Å². The van der Waals surface area contributed by atoms with Gasteiger partial charge in [-0.2, -0.15) is 0 Å². The lowest BCUT2D eigenvalue weighted by atomic mass is 10.1. The first-order chi connectivity index (χ1) is 8.61. The van der Waals surface area contributed by atoms with Crippen molar-refractivity contribution < 1.29 is 9.90 Å². The number of hydrogen-bond donors (Lipinski definition) is 1. The zero-order valence-corrected chi connectivity index (χ0v) is 12.1. The van der Waals surface area contributed by atoms with Crippen molar-refractivity contribution in [1.82, 2.24) is 0 Å². The van der Waals surface area contributed by atoms with Gasteiger partial charge in [-0.25, -0.2) is 4.79 Å². The van der Waals surface area contributed by atoms with Gasteiger partial charge in [-0.3, -0.25) is 0 Å². The van der Waals surface area contributed by atoms with E-state index in [-0.39, 0.29) is 0 Å². The second-order valence-electron chi connectivity index (χ2n) is 4.86. The van der Waals surface area contributed by atoms with Crippen LogP contribution in [0.2, 0.25) is 0 Å². The van der Waals surface area contributed by atoms with Crippen LogP contribution in [0.25, 0.3) is 0 Å². The average molecular weight is 312 g/mol. The van der Waals surface area contributed by atoms with Crippen molar-refractivity contribution >= 4 is 27.6 Å². The zero-order chi connectivity index (χ0) is 13.1. The topological polar surface area (TPSA) is 40.5 Å². The standard InChI is InChI=1S/C14H18BrNO2/c1-2-7-16(9-10-3-4-10)13-8-11(15)5-6-12(13)14(17)18/h5-6,8,10H,2-4,7,9H2,1H3,(H,17,18). The highest BCUT2D eigenvalue weighted by Crippen LogP contribution is 2.33. The molecular weight excluding hydrogens is 294 g/mol. The fourth-order valence-electron chi connectivity index (χ4n) is 2.14. The largest absolute Gasteiger partial charge is 0.478 e. The molecule has 1 saturated carbocycles.